The molecule has 1 aliphatic heterocycles. The highest BCUT2D eigenvalue weighted by Gasteiger charge is 2.28. The summed E-state index contributed by atoms with van der Waals surface area (Å²) in [7, 11) is -2.57. The predicted molar refractivity (Wildman–Crippen MR) is 179 cm³/mol. The molecule has 1 atom stereocenters. The van der Waals surface area contributed by atoms with Gasteiger partial charge in [-0.25, -0.2) is 9.78 Å². The Morgan fingerprint density at radius 3 is 2.55 bits per heavy atom. The number of halogens is 1. The Balaban J connectivity index is 1.58. The van der Waals surface area contributed by atoms with Crippen molar-refractivity contribution in [2.45, 2.75) is 45.8 Å². The van der Waals surface area contributed by atoms with E-state index in [-0.39, 0.29) is 17.9 Å². The lowest BCUT2D eigenvalue weighted by Gasteiger charge is -2.25. The highest BCUT2D eigenvalue weighted by Crippen LogP contribution is 2.39. The van der Waals surface area contributed by atoms with Gasteiger partial charge in [0.15, 0.2) is 5.82 Å². The standard InChI is InChI=1S/C31H39ClN7O4P/c1-8-27(40)35-24-16-23(19(2)15-25(24)39-14-13-20(18-39)34-30(41)43-31(3,4)5)37-29-33-17-21(32)28(38-29)36-22-11-9-10-12-26(22)44(6,7)42/h8-12,15-17,20H,1,13-14,18H2,2-7H3,(H,34,41)(H,35,40)(H2,33,36,37,38). The van der Waals surface area contributed by atoms with Crippen LogP contribution in [0.1, 0.15) is 32.8 Å². The summed E-state index contributed by atoms with van der Waals surface area (Å²) < 4.78 is 18.3. The van der Waals surface area contributed by atoms with Crippen molar-refractivity contribution in [1.29, 1.82) is 0 Å². The smallest absolute Gasteiger partial charge is 0.407 e. The molecule has 13 heteroatoms. The van der Waals surface area contributed by atoms with Crippen LogP contribution in [0.25, 0.3) is 0 Å². The lowest BCUT2D eigenvalue weighted by atomic mass is 10.1. The minimum Gasteiger partial charge on any atom is -0.444 e. The molecule has 2 aromatic carbocycles. The molecule has 3 aromatic rings. The maximum absolute atomic E-state index is 12.8. The number of anilines is 6. The molecule has 2 amide bonds. The molecule has 1 saturated heterocycles. The zero-order chi connectivity index (χ0) is 32.2. The largest absolute Gasteiger partial charge is 0.444 e. The summed E-state index contributed by atoms with van der Waals surface area (Å²) in [6, 6.07) is 11.0. The van der Waals surface area contributed by atoms with Gasteiger partial charge in [-0.05, 0) is 83.4 Å². The Kier molecular flexibility index (Phi) is 9.91. The molecule has 44 heavy (non-hydrogen) atoms. The van der Waals surface area contributed by atoms with Gasteiger partial charge in [-0.3, -0.25) is 4.79 Å². The number of carbonyl (C=O) groups is 2. The third-order valence-electron chi connectivity index (χ3n) is 6.76. The number of benzene rings is 2. The number of nitrogens with zero attached hydrogens (tertiary/aromatic N) is 3. The molecule has 4 N–H and O–H groups in total. The van der Waals surface area contributed by atoms with E-state index in [1.165, 1.54) is 12.3 Å². The number of aromatic nitrogens is 2. The average molecular weight is 640 g/mol. The molecule has 1 fully saturated rings. The van der Waals surface area contributed by atoms with E-state index in [2.05, 4.69) is 42.7 Å². The predicted octanol–water partition coefficient (Wildman–Crippen LogP) is 6.40. The molecular weight excluding hydrogens is 601 g/mol. The van der Waals surface area contributed by atoms with Crippen LogP contribution in [0.2, 0.25) is 5.02 Å². The van der Waals surface area contributed by atoms with Gasteiger partial charge >= 0.3 is 6.09 Å². The van der Waals surface area contributed by atoms with Crippen LogP contribution in [-0.4, -0.2) is 60.0 Å². The second kappa shape index (κ2) is 13.3. The van der Waals surface area contributed by atoms with Crippen LogP contribution in [0.15, 0.2) is 55.3 Å². The van der Waals surface area contributed by atoms with Crippen molar-refractivity contribution < 1.29 is 18.9 Å². The third-order valence-corrected chi connectivity index (χ3v) is 8.59. The van der Waals surface area contributed by atoms with E-state index in [4.69, 9.17) is 16.3 Å². The minimum atomic E-state index is -2.57. The molecule has 0 saturated carbocycles. The Morgan fingerprint density at radius 2 is 1.86 bits per heavy atom. The van der Waals surface area contributed by atoms with Crippen LogP contribution in [0, 0.1) is 6.92 Å². The first-order valence-corrected chi connectivity index (χ1v) is 17.1. The second-order valence-electron chi connectivity index (χ2n) is 12.0. The number of ether oxygens (including phenoxy) is 1. The molecule has 2 heterocycles. The van der Waals surface area contributed by atoms with Crippen LogP contribution < -0.4 is 31.5 Å². The van der Waals surface area contributed by atoms with Gasteiger partial charge in [0, 0.05) is 24.1 Å². The first kappa shape index (κ1) is 32.8. The Labute approximate surface area is 263 Å². The van der Waals surface area contributed by atoms with Crippen LogP contribution in [-0.2, 0) is 14.1 Å². The molecule has 11 nitrogen and oxygen atoms in total. The number of amides is 2. The fraction of sp³-hybridized carbons (Fsp3) is 0.355. The zero-order valence-corrected chi connectivity index (χ0v) is 27.5. The fourth-order valence-electron chi connectivity index (χ4n) is 4.76. The highest BCUT2D eigenvalue weighted by molar-refractivity contribution is 7.70. The van der Waals surface area contributed by atoms with Gasteiger partial charge < -0.3 is 35.5 Å². The summed E-state index contributed by atoms with van der Waals surface area (Å²) in [6.07, 6.45) is 2.94. The summed E-state index contributed by atoms with van der Waals surface area (Å²) in [4.78, 5) is 35.7. The summed E-state index contributed by atoms with van der Waals surface area (Å²) in [5, 5.41) is 13.2. The van der Waals surface area contributed by atoms with Crippen LogP contribution in [0.5, 0.6) is 0 Å². The molecule has 0 aliphatic carbocycles. The van der Waals surface area contributed by atoms with E-state index >= 15 is 0 Å². The number of hydrogen-bond donors (Lipinski definition) is 4. The van der Waals surface area contributed by atoms with Crippen molar-refractivity contribution in [1.82, 2.24) is 15.3 Å². The first-order chi connectivity index (χ1) is 20.6. The van der Waals surface area contributed by atoms with E-state index in [9.17, 15) is 14.2 Å². The fourth-order valence-corrected chi connectivity index (χ4v) is 6.05. The van der Waals surface area contributed by atoms with E-state index in [1.54, 1.807) is 13.3 Å². The summed E-state index contributed by atoms with van der Waals surface area (Å²) in [5.41, 5.74) is 2.95. The van der Waals surface area contributed by atoms with Crippen molar-refractivity contribution in [2.75, 3.05) is 47.3 Å². The van der Waals surface area contributed by atoms with Gasteiger partial charge in [0.1, 0.15) is 17.8 Å². The molecule has 0 radical (unpaired) electrons. The average Bonchev–Trinajstić information content (AvgIpc) is 3.38. The zero-order valence-electron chi connectivity index (χ0n) is 25.8. The first-order valence-electron chi connectivity index (χ1n) is 14.2. The SMILES string of the molecule is C=CC(=O)Nc1cc(Nc2ncc(Cl)c(Nc3ccccc3P(C)(C)=O)n2)c(C)cc1N1CCC(NC(=O)OC(C)(C)C)C1. The summed E-state index contributed by atoms with van der Waals surface area (Å²) >= 11 is 6.43. The normalized spacial score (nSPS) is 15.0. The number of alkyl carbamates (subject to hydrolysis) is 1. The van der Waals surface area contributed by atoms with Gasteiger partial charge in [0.2, 0.25) is 11.9 Å². The van der Waals surface area contributed by atoms with Crippen molar-refractivity contribution >= 4 is 70.6 Å². The van der Waals surface area contributed by atoms with Gasteiger partial charge in [-0.2, -0.15) is 4.98 Å². The van der Waals surface area contributed by atoms with Gasteiger partial charge in [0.25, 0.3) is 0 Å². The molecular formula is C31H39ClN7O4P. The molecule has 234 valence electrons. The molecule has 4 rings (SSSR count). The van der Waals surface area contributed by atoms with Crippen molar-refractivity contribution in [3.8, 4) is 0 Å². The monoisotopic (exact) mass is 639 g/mol. The number of aryl methyl sites for hydroxylation is 1. The lowest BCUT2D eigenvalue weighted by molar-refractivity contribution is -0.111. The molecule has 0 bridgehead atoms. The molecule has 1 unspecified atom stereocenters. The van der Waals surface area contributed by atoms with Crippen molar-refractivity contribution in [3.63, 3.8) is 0 Å². The number of nitrogens with one attached hydrogen (secondary N) is 4. The van der Waals surface area contributed by atoms with E-state index in [0.717, 1.165) is 17.7 Å². The summed E-state index contributed by atoms with van der Waals surface area (Å²) in [5.74, 6) is 0.256. The van der Waals surface area contributed by atoms with E-state index < -0.39 is 18.8 Å². The Bertz CT molecular complexity index is 1620. The molecule has 0 spiro atoms. The lowest BCUT2D eigenvalue weighted by Crippen LogP contribution is -2.40. The maximum Gasteiger partial charge on any atom is 0.407 e. The van der Waals surface area contributed by atoms with Crippen LogP contribution >= 0.6 is 18.7 Å². The third kappa shape index (κ3) is 8.51. The van der Waals surface area contributed by atoms with Gasteiger partial charge in [0.05, 0.1) is 29.3 Å². The number of hydrogen-bond acceptors (Lipinski definition) is 9. The van der Waals surface area contributed by atoms with Crippen LogP contribution in [0.4, 0.5) is 39.3 Å². The quantitative estimate of drug-likeness (QED) is 0.155. The van der Waals surface area contributed by atoms with Crippen molar-refractivity contribution in [2.24, 2.45) is 0 Å². The Hall–Kier alpha value is -4.08. The number of para-hydroxylation sites is 1. The second-order valence-corrected chi connectivity index (χ2v) is 15.6. The van der Waals surface area contributed by atoms with Gasteiger partial charge in [-0.1, -0.05) is 30.3 Å². The van der Waals surface area contributed by atoms with Gasteiger partial charge in [-0.15, -0.1) is 0 Å². The number of rotatable bonds is 9. The highest BCUT2D eigenvalue weighted by atomic mass is 35.5. The molecule has 1 aromatic heterocycles. The Morgan fingerprint density at radius 1 is 1.14 bits per heavy atom. The summed E-state index contributed by atoms with van der Waals surface area (Å²) in [6.45, 7) is 15.6. The van der Waals surface area contributed by atoms with E-state index in [0.29, 0.717) is 46.3 Å². The van der Waals surface area contributed by atoms with Crippen LogP contribution in [0.3, 0.4) is 0 Å². The topological polar surface area (TPSA) is 138 Å². The number of carbonyl (C=O) groups excluding carboxylic acids is 2. The maximum atomic E-state index is 12.8. The van der Waals surface area contributed by atoms with E-state index in [1.807, 2.05) is 64.1 Å². The minimum absolute atomic E-state index is 0.112. The van der Waals surface area contributed by atoms with Crippen molar-refractivity contribution in [3.05, 3.63) is 65.8 Å². The molecule has 1 aliphatic rings.